The maximum Gasteiger partial charge on any atom is 0.237 e. The molecule has 0 unspecified atom stereocenters. The number of aromatic nitrogens is 4. The summed E-state index contributed by atoms with van der Waals surface area (Å²) in [5, 5.41) is 14.4. The van der Waals surface area contributed by atoms with Crippen LogP contribution in [0.5, 0.6) is 0 Å². The van der Waals surface area contributed by atoms with Crippen LogP contribution in [0.4, 0.5) is 5.69 Å². The molecule has 1 aromatic heterocycles. The molecule has 1 N–H and O–H groups in total. The van der Waals surface area contributed by atoms with Gasteiger partial charge in [-0.1, -0.05) is 44.7 Å². The minimum atomic E-state index is -0.285. The topological polar surface area (TPSA) is 72.7 Å². The molecule has 1 aromatic carbocycles. The van der Waals surface area contributed by atoms with Gasteiger partial charge in [-0.3, -0.25) is 4.79 Å². The number of hydrogen-bond donors (Lipinski definition) is 1. The molecule has 0 saturated carbocycles. The molecule has 0 aliphatic heterocycles. The predicted octanol–water partition coefficient (Wildman–Crippen LogP) is 2.63. The fourth-order valence-corrected chi connectivity index (χ4v) is 2.59. The Kier molecular flexibility index (Phi) is 4.85. The number of thioether (sulfide) groups is 1. The number of nitrogens with one attached hydrogen (secondary N) is 1. The van der Waals surface area contributed by atoms with Crippen molar-refractivity contribution in [1.29, 1.82) is 0 Å². The van der Waals surface area contributed by atoms with Crippen molar-refractivity contribution < 1.29 is 4.79 Å². The Balaban J connectivity index is 1.98. The van der Waals surface area contributed by atoms with Crippen LogP contribution in [-0.4, -0.2) is 31.4 Å². The highest BCUT2D eigenvalue weighted by molar-refractivity contribution is 8.00. The highest BCUT2D eigenvalue weighted by atomic mass is 32.2. The molecule has 0 aliphatic carbocycles. The Hall–Kier alpha value is -1.89. The van der Waals surface area contributed by atoms with Crippen LogP contribution in [0, 0.1) is 0 Å². The van der Waals surface area contributed by atoms with Crippen molar-refractivity contribution in [2.75, 3.05) is 5.32 Å². The summed E-state index contributed by atoms with van der Waals surface area (Å²) in [6.45, 7) is 8.31. The normalized spacial score (nSPS) is 13.0. The summed E-state index contributed by atoms with van der Waals surface area (Å²) < 4.78 is 1.55. The maximum absolute atomic E-state index is 12.2. The molecule has 22 heavy (non-hydrogen) atoms. The third-order valence-electron chi connectivity index (χ3n) is 3.25. The Morgan fingerprint density at radius 2 is 1.91 bits per heavy atom. The number of anilines is 1. The van der Waals surface area contributed by atoms with Crippen molar-refractivity contribution in [2.45, 2.75) is 43.5 Å². The molecular formula is C15H21N5OS. The highest BCUT2D eigenvalue weighted by Gasteiger charge is 2.18. The molecular weight excluding hydrogens is 298 g/mol. The lowest BCUT2D eigenvalue weighted by molar-refractivity contribution is -0.115. The van der Waals surface area contributed by atoms with Gasteiger partial charge in [0.2, 0.25) is 11.1 Å². The van der Waals surface area contributed by atoms with E-state index < -0.39 is 0 Å². The van der Waals surface area contributed by atoms with Gasteiger partial charge in [0.15, 0.2) is 0 Å². The molecule has 2 aromatic rings. The first kappa shape index (κ1) is 16.5. The third-order valence-corrected chi connectivity index (χ3v) is 4.38. The molecule has 0 spiro atoms. The monoisotopic (exact) mass is 319 g/mol. The van der Waals surface area contributed by atoms with Gasteiger partial charge in [0.25, 0.3) is 0 Å². The summed E-state index contributed by atoms with van der Waals surface area (Å²) in [4.78, 5) is 12.2. The van der Waals surface area contributed by atoms with E-state index in [-0.39, 0.29) is 16.6 Å². The zero-order valence-corrected chi connectivity index (χ0v) is 14.3. The molecule has 0 fully saturated rings. The van der Waals surface area contributed by atoms with E-state index in [0.29, 0.717) is 5.16 Å². The van der Waals surface area contributed by atoms with Crippen LogP contribution in [0.25, 0.3) is 0 Å². The summed E-state index contributed by atoms with van der Waals surface area (Å²) >= 11 is 1.33. The Labute approximate surface area is 134 Å². The van der Waals surface area contributed by atoms with Crippen molar-refractivity contribution in [1.82, 2.24) is 20.2 Å². The second-order valence-electron chi connectivity index (χ2n) is 6.16. The number of rotatable bonds is 4. The lowest BCUT2D eigenvalue weighted by Gasteiger charge is -2.19. The molecule has 0 aliphatic rings. The summed E-state index contributed by atoms with van der Waals surface area (Å²) in [7, 11) is 1.75. The smallest absolute Gasteiger partial charge is 0.237 e. The zero-order chi connectivity index (χ0) is 16.3. The van der Waals surface area contributed by atoms with Gasteiger partial charge in [-0.05, 0) is 40.5 Å². The molecule has 1 heterocycles. The van der Waals surface area contributed by atoms with E-state index >= 15 is 0 Å². The quantitative estimate of drug-likeness (QED) is 0.877. The Bertz CT molecular complexity index is 645. The van der Waals surface area contributed by atoms with E-state index in [4.69, 9.17) is 0 Å². The third kappa shape index (κ3) is 4.07. The van der Waals surface area contributed by atoms with Crippen LogP contribution in [0.1, 0.15) is 33.3 Å². The van der Waals surface area contributed by atoms with Crippen molar-refractivity contribution in [3.63, 3.8) is 0 Å². The second kappa shape index (κ2) is 6.48. The van der Waals surface area contributed by atoms with Crippen LogP contribution < -0.4 is 5.32 Å². The van der Waals surface area contributed by atoms with Crippen LogP contribution in [0.3, 0.4) is 0 Å². The minimum Gasteiger partial charge on any atom is -0.325 e. The number of benzene rings is 1. The van der Waals surface area contributed by atoms with E-state index in [1.165, 1.54) is 17.3 Å². The van der Waals surface area contributed by atoms with Gasteiger partial charge in [-0.25, -0.2) is 4.68 Å². The van der Waals surface area contributed by atoms with Crippen LogP contribution >= 0.6 is 11.8 Å². The van der Waals surface area contributed by atoms with Crippen molar-refractivity contribution in [3.05, 3.63) is 29.8 Å². The number of tetrazole rings is 1. The van der Waals surface area contributed by atoms with Gasteiger partial charge in [0, 0.05) is 12.7 Å². The van der Waals surface area contributed by atoms with Gasteiger partial charge in [0.05, 0.1) is 5.25 Å². The SMILES string of the molecule is C[C@@H](Sc1nnnn1C)C(=O)Nc1ccc(C(C)(C)C)cc1. The van der Waals surface area contributed by atoms with Gasteiger partial charge in [-0.2, -0.15) is 0 Å². The van der Waals surface area contributed by atoms with Crippen LogP contribution in [-0.2, 0) is 17.3 Å². The van der Waals surface area contributed by atoms with Crippen molar-refractivity contribution in [3.8, 4) is 0 Å². The zero-order valence-electron chi connectivity index (χ0n) is 13.5. The number of carbonyl (C=O) groups excluding carboxylic acids is 1. The van der Waals surface area contributed by atoms with E-state index in [1.54, 1.807) is 11.7 Å². The summed E-state index contributed by atoms with van der Waals surface area (Å²) in [5.74, 6) is -0.0727. The first-order chi connectivity index (χ1) is 10.3. The number of nitrogens with zero attached hydrogens (tertiary/aromatic N) is 4. The van der Waals surface area contributed by atoms with E-state index in [0.717, 1.165) is 5.69 Å². The van der Waals surface area contributed by atoms with Gasteiger partial charge < -0.3 is 5.32 Å². The molecule has 0 radical (unpaired) electrons. The summed E-state index contributed by atoms with van der Waals surface area (Å²) in [5.41, 5.74) is 2.13. The molecule has 118 valence electrons. The lowest BCUT2D eigenvalue weighted by atomic mass is 9.87. The maximum atomic E-state index is 12.2. The van der Waals surface area contributed by atoms with Crippen molar-refractivity contribution >= 4 is 23.4 Å². The molecule has 0 bridgehead atoms. The molecule has 2 rings (SSSR count). The minimum absolute atomic E-state index is 0.0727. The van der Waals surface area contributed by atoms with Gasteiger partial charge in [0.1, 0.15) is 0 Å². The summed E-state index contributed by atoms with van der Waals surface area (Å²) in [6, 6.07) is 7.94. The number of hydrogen-bond acceptors (Lipinski definition) is 5. The number of carbonyl (C=O) groups is 1. The Morgan fingerprint density at radius 1 is 1.27 bits per heavy atom. The fourth-order valence-electron chi connectivity index (χ4n) is 1.83. The largest absolute Gasteiger partial charge is 0.325 e. The van der Waals surface area contributed by atoms with Crippen LogP contribution in [0.2, 0.25) is 0 Å². The van der Waals surface area contributed by atoms with Gasteiger partial charge in [-0.15, -0.1) is 5.10 Å². The van der Waals surface area contributed by atoms with E-state index in [2.05, 4.69) is 41.6 Å². The lowest BCUT2D eigenvalue weighted by Crippen LogP contribution is -2.23. The Morgan fingerprint density at radius 3 is 2.41 bits per heavy atom. The number of amides is 1. The first-order valence-corrected chi connectivity index (χ1v) is 7.96. The average molecular weight is 319 g/mol. The average Bonchev–Trinajstić information content (AvgIpc) is 2.84. The van der Waals surface area contributed by atoms with Crippen LogP contribution in [0.15, 0.2) is 29.4 Å². The number of aryl methyl sites for hydroxylation is 1. The molecule has 7 heteroatoms. The predicted molar refractivity (Wildman–Crippen MR) is 87.9 cm³/mol. The molecule has 6 nitrogen and oxygen atoms in total. The van der Waals surface area contributed by atoms with E-state index in [1.807, 2.05) is 31.2 Å². The standard InChI is InChI=1S/C15H21N5OS/c1-10(22-14-17-18-19-20(14)5)13(21)16-12-8-6-11(7-9-12)15(2,3)4/h6-10H,1-5H3,(H,16,21)/t10-/m1/s1. The van der Waals surface area contributed by atoms with Crippen molar-refractivity contribution in [2.24, 2.45) is 7.05 Å². The second-order valence-corrected chi connectivity index (χ2v) is 7.47. The first-order valence-electron chi connectivity index (χ1n) is 7.08. The molecule has 1 atom stereocenters. The fraction of sp³-hybridized carbons (Fsp3) is 0.467. The van der Waals surface area contributed by atoms with Gasteiger partial charge >= 0.3 is 0 Å². The highest BCUT2D eigenvalue weighted by Crippen LogP contribution is 2.24. The van der Waals surface area contributed by atoms with E-state index in [9.17, 15) is 4.79 Å². The molecule has 1 amide bonds. The summed E-state index contributed by atoms with van der Waals surface area (Å²) in [6.07, 6.45) is 0. The molecule has 0 saturated heterocycles.